The summed E-state index contributed by atoms with van der Waals surface area (Å²) in [7, 11) is -0.981. The highest BCUT2D eigenvalue weighted by molar-refractivity contribution is 6.62. The van der Waals surface area contributed by atoms with Crippen LogP contribution >= 0.6 is 0 Å². The molecule has 0 radical (unpaired) electrons. The molecular formula is C17H22BF2NO3. The molecule has 1 heterocycles. The number of halogens is 2. The molecule has 4 nitrogen and oxygen atoms in total. The molecule has 130 valence electrons. The van der Waals surface area contributed by atoms with Gasteiger partial charge < -0.3 is 14.6 Å². The third-order valence-corrected chi connectivity index (χ3v) is 5.09. The van der Waals surface area contributed by atoms with Crippen LogP contribution in [0.2, 0.25) is 0 Å². The fraction of sp³-hybridized carbons (Fsp3) is 0.588. The van der Waals surface area contributed by atoms with E-state index < -0.39 is 35.9 Å². The summed E-state index contributed by atoms with van der Waals surface area (Å²) in [6.45, 7) is 7.90. The molecule has 0 atom stereocenters. The van der Waals surface area contributed by atoms with E-state index in [2.05, 4.69) is 5.32 Å². The van der Waals surface area contributed by atoms with E-state index in [0.29, 0.717) is 18.5 Å². The largest absolute Gasteiger partial charge is 0.497 e. The van der Waals surface area contributed by atoms with Gasteiger partial charge in [0.25, 0.3) is 5.91 Å². The van der Waals surface area contributed by atoms with Gasteiger partial charge in [-0.1, -0.05) is 0 Å². The van der Waals surface area contributed by atoms with Gasteiger partial charge in [0.1, 0.15) is 11.6 Å². The number of nitrogens with one attached hydrogen (secondary N) is 1. The topological polar surface area (TPSA) is 47.6 Å². The summed E-state index contributed by atoms with van der Waals surface area (Å²) in [5.74, 6) is -1.75. The van der Waals surface area contributed by atoms with Crippen LogP contribution in [0.15, 0.2) is 12.1 Å². The van der Waals surface area contributed by atoms with Crippen molar-refractivity contribution in [2.75, 3.05) is 6.54 Å². The first-order valence-corrected chi connectivity index (χ1v) is 8.23. The van der Waals surface area contributed by atoms with E-state index in [-0.39, 0.29) is 11.0 Å². The molecule has 24 heavy (non-hydrogen) atoms. The normalized spacial score (nSPS) is 21.8. The van der Waals surface area contributed by atoms with Crippen molar-refractivity contribution in [1.29, 1.82) is 0 Å². The van der Waals surface area contributed by atoms with Gasteiger partial charge in [0.15, 0.2) is 0 Å². The Morgan fingerprint density at radius 2 is 1.75 bits per heavy atom. The second-order valence-corrected chi connectivity index (χ2v) is 7.60. The van der Waals surface area contributed by atoms with Crippen LogP contribution in [-0.2, 0) is 9.31 Å². The van der Waals surface area contributed by atoms with Gasteiger partial charge in [-0.05, 0) is 52.5 Å². The smallest absolute Gasteiger partial charge is 0.399 e. The quantitative estimate of drug-likeness (QED) is 0.859. The molecule has 1 aromatic rings. The molecule has 2 aliphatic rings. The summed E-state index contributed by atoms with van der Waals surface area (Å²) in [6, 6.07) is 1.90. The molecule has 0 spiro atoms. The van der Waals surface area contributed by atoms with Crippen LogP contribution < -0.4 is 10.8 Å². The SMILES string of the molecule is CC1(C)OB(c2cc(C(=O)NCC3CC3)c(F)cc2F)OC1(C)C. The lowest BCUT2D eigenvalue weighted by atomic mass is 9.77. The molecule has 7 heteroatoms. The zero-order valence-corrected chi connectivity index (χ0v) is 14.4. The fourth-order valence-electron chi connectivity index (χ4n) is 2.54. The number of hydrogen-bond donors (Lipinski definition) is 1. The lowest BCUT2D eigenvalue weighted by Gasteiger charge is -2.32. The molecule has 1 saturated carbocycles. The van der Waals surface area contributed by atoms with Gasteiger partial charge in [0.05, 0.1) is 16.8 Å². The summed E-state index contributed by atoms with van der Waals surface area (Å²) >= 11 is 0. The van der Waals surface area contributed by atoms with Crippen LogP contribution in [0.3, 0.4) is 0 Å². The molecule has 2 fully saturated rings. The van der Waals surface area contributed by atoms with E-state index in [1.54, 1.807) is 0 Å². The Hall–Kier alpha value is -1.47. The zero-order chi connectivity index (χ0) is 17.7. The third-order valence-electron chi connectivity index (χ3n) is 5.09. The maximum Gasteiger partial charge on any atom is 0.497 e. The Morgan fingerprint density at radius 3 is 2.29 bits per heavy atom. The Morgan fingerprint density at radius 1 is 1.17 bits per heavy atom. The molecule has 1 amide bonds. The number of benzene rings is 1. The van der Waals surface area contributed by atoms with Crippen LogP contribution in [0.25, 0.3) is 0 Å². The maximum atomic E-state index is 14.2. The van der Waals surface area contributed by atoms with Crippen molar-refractivity contribution in [1.82, 2.24) is 5.32 Å². The highest BCUT2D eigenvalue weighted by Crippen LogP contribution is 2.36. The zero-order valence-electron chi connectivity index (χ0n) is 14.4. The van der Waals surface area contributed by atoms with Crippen LogP contribution in [0.1, 0.15) is 50.9 Å². The first-order chi connectivity index (χ1) is 11.1. The Balaban J connectivity index is 1.86. The number of amides is 1. The van der Waals surface area contributed by atoms with Crippen LogP contribution in [0.4, 0.5) is 8.78 Å². The van der Waals surface area contributed by atoms with Crippen LogP contribution in [-0.4, -0.2) is 30.8 Å². The summed E-state index contributed by atoms with van der Waals surface area (Å²) in [5.41, 5.74) is -1.45. The third kappa shape index (κ3) is 3.19. The van der Waals surface area contributed by atoms with Gasteiger partial charge in [-0.25, -0.2) is 8.78 Å². The van der Waals surface area contributed by atoms with E-state index in [1.165, 1.54) is 6.07 Å². The van der Waals surface area contributed by atoms with Gasteiger partial charge in [-0.3, -0.25) is 4.79 Å². The van der Waals surface area contributed by atoms with Crippen LogP contribution in [0.5, 0.6) is 0 Å². The van der Waals surface area contributed by atoms with Crippen molar-refractivity contribution in [2.45, 2.75) is 51.7 Å². The standard InChI is InChI=1S/C17H22BF2NO3/c1-16(2)17(3,4)24-18(23-16)12-7-11(13(19)8-14(12)20)15(22)21-9-10-5-6-10/h7-8,10H,5-6,9H2,1-4H3,(H,21,22). The number of carbonyl (C=O) groups is 1. The number of rotatable bonds is 4. The molecule has 3 rings (SSSR count). The minimum atomic E-state index is -0.981. The predicted octanol–water partition coefficient (Wildman–Crippen LogP) is 2.40. The molecule has 0 aromatic heterocycles. The van der Waals surface area contributed by atoms with Gasteiger partial charge in [-0.15, -0.1) is 0 Å². The Kier molecular flexibility index (Phi) is 4.20. The highest BCUT2D eigenvalue weighted by Gasteiger charge is 2.52. The minimum Gasteiger partial charge on any atom is -0.399 e. The van der Waals surface area contributed by atoms with Gasteiger partial charge in [0, 0.05) is 18.1 Å². The first-order valence-electron chi connectivity index (χ1n) is 8.23. The molecule has 1 saturated heterocycles. The first kappa shape index (κ1) is 17.4. The summed E-state index contributed by atoms with van der Waals surface area (Å²) in [5, 5.41) is 2.69. The number of carbonyl (C=O) groups excluding carboxylic acids is 1. The fourth-order valence-corrected chi connectivity index (χ4v) is 2.54. The molecule has 0 bridgehead atoms. The van der Waals surface area contributed by atoms with E-state index in [9.17, 15) is 13.6 Å². The van der Waals surface area contributed by atoms with Crippen molar-refractivity contribution in [3.8, 4) is 0 Å². The summed E-state index contributed by atoms with van der Waals surface area (Å²) in [6.07, 6.45) is 2.15. The molecule has 1 aliphatic heterocycles. The van der Waals surface area contributed by atoms with Gasteiger partial charge >= 0.3 is 7.12 Å². The Labute approximate surface area is 141 Å². The molecule has 1 aliphatic carbocycles. The van der Waals surface area contributed by atoms with Crippen LogP contribution in [0, 0.1) is 17.6 Å². The van der Waals surface area contributed by atoms with E-state index >= 15 is 0 Å². The Bertz CT molecular complexity index is 658. The van der Waals surface area contributed by atoms with Gasteiger partial charge in [0.2, 0.25) is 0 Å². The lowest BCUT2D eigenvalue weighted by Crippen LogP contribution is -2.41. The van der Waals surface area contributed by atoms with E-state index in [0.717, 1.165) is 12.8 Å². The van der Waals surface area contributed by atoms with Crippen molar-refractivity contribution in [2.24, 2.45) is 5.92 Å². The van der Waals surface area contributed by atoms with E-state index in [1.807, 2.05) is 27.7 Å². The predicted molar refractivity (Wildman–Crippen MR) is 87.1 cm³/mol. The molecule has 0 unspecified atom stereocenters. The monoisotopic (exact) mass is 337 g/mol. The summed E-state index contributed by atoms with van der Waals surface area (Å²) in [4.78, 5) is 12.2. The minimum absolute atomic E-state index is 0.0339. The second kappa shape index (κ2) is 5.81. The van der Waals surface area contributed by atoms with Crippen molar-refractivity contribution in [3.63, 3.8) is 0 Å². The molecule has 1 N–H and O–H groups in total. The number of hydrogen-bond acceptors (Lipinski definition) is 3. The maximum absolute atomic E-state index is 14.2. The average Bonchev–Trinajstić information content (AvgIpc) is 3.24. The van der Waals surface area contributed by atoms with Gasteiger partial charge in [-0.2, -0.15) is 0 Å². The van der Waals surface area contributed by atoms with Crippen molar-refractivity contribution < 1.29 is 22.9 Å². The molecule has 1 aromatic carbocycles. The average molecular weight is 337 g/mol. The van der Waals surface area contributed by atoms with Crippen molar-refractivity contribution >= 4 is 18.5 Å². The molecular weight excluding hydrogens is 315 g/mol. The summed E-state index contributed by atoms with van der Waals surface area (Å²) < 4.78 is 39.9. The van der Waals surface area contributed by atoms with E-state index in [4.69, 9.17) is 9.31 Å². The second-order valence-electron chi connectivity index (χ2n) is 7.60. The van der Waals surface area contributed by atoms with Crippen molar-refractivity contribution in [3.05, 3.63) is 29.3 Å². The lowest BCUT2D eigenvalue weighted by molar-refractivity contribution is 0.00578. The highest BCUT2D eigenvalue weighted by atomic mass is 19.1.